The highest BCUT2D eigenvalue weighted by molar-refractivity contribution is 9.10. The number of nitrogens with zero attached hydrogens (tertiary/aromatic N) is 1. The fourth-order valence-corrected chi connectivity index (χ4v) is 5.62. The van der Waals surface area contributed by atoms with E-state index >= 15 is 0 Å². The van der Waals surface area contributed by atoms with Crippen molar-refractivity contribution in [2.75, 3.05) is 5.32 Å². The summed E-state index contributed by atoms with van der Waals surface area (Å²) in [6, 6.07) is 32.0. The van der Waals surface area contributed by atoms with E-state index < -0.39 is 0 Å². The molecule has 4 aromatic rings. The van der Waals surface area contributed by atoms with Crippen LogP contribution in [0, 0.1) is 12.8 Å². The first-order valence-electron chi connectivity index (χ1n) is 12.8. The maximum absolute atomic E-state index is 5.91. The van der Waals surface area contributed by atoms with Gasteiger partial charge in [-0.25, -0.2) is 0 Å². The van der Waals surface area contributed by atoms with Crippen molar-refractivity contribution in [3.8, 4) is 5.75 Å². The molecule has 37 heavy (non-hydrogen) atoms. The van der Waals surface area contributed by atoms with Crippen LogP contribution in [0.4, 0.5) is 11.4 Å². The van der Waals surface area contributed by atoms with Crippen molar-refractivity contribution in [1.82, 2.24) is 0 Å². The number of benzene rings is 4. The Balaban J connectivity index is 1.10. The number of rotatable bonds is 6. The topological polar surface area (TPSA) is 33.6 Å². The lowest BCUT2D eigenvalue weighted by Crippen LogP contribution is -2.29. The van der Waals surface area contributed by atoms with Gasteiger partial charge in [-0.2, -0.15) is 0 Å². The molecule has 3 nitrogen and oxygen atoms in total. The van der Waals surface area contributed by atoms with Gasteiger partial charge in [-0.3, -0.25) is 4.99 Å². The highest BCUT2D eigenvalue weighted by Crippen LogP contribution is 2.50. The highest BCUT2D eigenvalue weighted by atomic mass is 79.9. The number of halogens is 1. The molecule has 0 radical (unpaired) electrons. The van der Waals surface area contributed by atoms with Crippen LogP contribution >= 0.6 is 15.9 Å². The smallest absolute Gasteiger partial charge is 0.119 e. The molecule has 0 bridgehead atoms. The SMILES string of the molecule is Cc1ccc2c(c1)[C@@H]1C=CC[C@@H]1[C@@H](c1ccc(N=Cc3ccc(OCc4ccc(Br)cc4)cc3)cc1)N2. The third kappa shape index (κ3) is 5.26. The van der Waals surface area contributed by atoms with Crippen molar-refractivity contribution >= 4 is 33.5 Å². The Morgan fingerprint density at radius 3 is 2.51 bits per heavy atom. The maximum atomic E-state index is 5.91. The molecular formula is C33H29BrN2O. The Bertz CT molecular complexity index is 1440. The Morgan fingerprint density at radius 2 is 1.73 bits per heavy atom. The molecule has 184 valence electrons. The third-order valence-electron chi connectivity index (χ3n) is 7.33. The Labute approximate surface area is 227 Å². The second kappa shape index (κ2) is 10.4. The lowest BCUT2D eigenvalue weighted by atomic mass is 9.76. The molecule has 0 unspecified atom stereocenters. The molecule has 4 heteroatoms. The van der Waals surface area contributed by atoms with Gasteiger partial charge in [0, 0.05) is 22.3 Å². The Kier molecular flexibility index (Phi) is 6.67. The van der Waals surface area contributed by atoms with Gasteiger partial charge in [-0.05, 0) is 96.1 Å². The average molecular weight is 550 g/mol. The third-order valence-corrected chi connectivity index (χ3v) is 7.86. The summed E-state index contributed by atoms with van der Waals surface area (Å²) >= 11 is 3.46. The van der Waals surface area contributed by atoms with E-state index in [2.05, 4.69) is 94.9 Å². The van der Waals surface area contributed by atoms with Crippen LogP contribution in [-0.4, -0.2) is 6.21 Å². The van der Waals surface area contributed by atoms with Crippen LogP contribution in [0.1, 0.15) is 46.2 Å². The molecule has 1 aliphatic heterocycles. The van der Waals surface area contributed by atoms with Gasteiger partial charge in [0.15, 0.2) is 0 Å². The number of allylic oxidation sites excluding steroid dienone is 2. The summed E-state index contributed by atoms with van der Waals surface area (Å²) < 4.78 is 6.98. The van der Waals surface area contributed by atoms with Gasteiger partial charge in [-0.1, -0.05) is 70.0 Å². The fraction of sp³-hybridized carbons (Fsp3) is 0.182. The van der Waals surface area contributed by atoms with Gasteiger partial charge >= 0.3 is 0 Å². The molecule has 0 saturated carbocycles. The lowest BCUT2D eigenvalue weighted by Gasteiger charge is -2.37. The van der Waals surface area contributed by atoms with Gasteiger partial charge in [-0.15, -0.1) is 0 Å². The normalized spacial score (nSPS) is 19.9. The summed E-state index contributed by atoms with van der Waals surface area (Å²) in [5, 5.41) is 3.83. The van der Waals surface area contributed by atoms with E-state index in [9.17, 15) is 0 Å². The standard InChI is InChI=1S/C33H29BrN2O/c1-22-5-18-32-31(19-22)29-3-2-4-30(29)33(36-32)25-10-14-27(15-11-25)35-20-23-8-16-28(17-9-23)37-21-24-6-12-26(34)13-7-24/h2-3,5-20,29-30,33,36H,4,21H2,1H3/t29-,30+,33-/m1/s1. The molecule has 6 rings (SSSR count). The van der Waals surface area contributed by atoms with Crippen molar-refractivity contribution in [3.05, 3.63) is 135 Å². The summed E-state index contributed by atoms with van der Waals surface area (Å²) in [6.07, 6.45) is 7.75. The van der Waals surface area contributed by atoms with Gasteiger partial charge in [0.05, 0.1) is 11.7 Å². The number of hydrogen-bond donors (Lipinski definition) is 1. The number of fused-ring (bicyclic) bond motifs is 3. The van der Waals surface area contributed by atoms with Gasteiger partial charge in [0.1, 0.15) is 12.4 Å². The van der Waals surface area contributed by atoms with E-state index in [0.29, 0.717) is 24.5 Å². The minimum absolute atomic E-state index is 0.304. The second-order valence-electron chi connectivity index (χ2n) is 9.90. The van der Waals surface area contributed by atoms with Crippen molar-refractivity contribution in [1.29, 1.82) is 0 Å². The van der Waals surface area contributed by atoms with Crippen molar-refractivity contribution in [2.45, 2.75) is 31.9 Å². The van der Waals surface area contributed by atoms with Crippen molar-refractivity contribution in [3.63, 3.8) is 0 Å². The summed E-state index contributed by atoms with van der Waals surface area (Å²) in [5.41, 5.74) is 8.46. The minimum atomic E-state index is 0.304. The van der Waals surface area contributed by atoms with E-state index in [4.69, 9.17) is 9.73 Å². The van der Waals surface area contributed by atoms with E-state index in [1.807, 2.05) is 42.6 Å². The number of hydrogen-bond acceptors (Lipinski definition) is 3. The molecule has 1 heterocycles. The summed E-state index contributed by atoms with van der Waals surface area (Å²) in [5.74, 6) is 1.88. The summed E-state index contributed by atoms with van der Waals surface area (Å²) in [6.45, 7) is 2.72. The monoisotopic (exact) mass is 548 g/mol. The average Bonchev–Trinajstić information content (AvgIpc) is 3.43. The first-order valence-corrected chi connectivity index (χ1v) is 13.6. The van der Waals surface area contributed by atoms with E-state index in [1.54, 1.807) is 0 Å². The van der Waals surface area contributed by atoms with Gasteiger partial charge < -0.3 is 10.1 Å². The Hall–Kier alpha value is -3.63. The molecule has 0 amide bonds. The van der Waals surface area contributed by atoms with Crippen LogP contribution in [0.15, 0.2) is 113 Å². The van der Waals surface area contributed by atoms with Crippen molar-refractivity contribution < 1.29 is 4.74 Å². The first kappa shape index (κ1) is 23.7. The number of nitrogens with one attached hydrogen (secondary N) is 1. The minimum Gasteiger partial charge on any atom is -0.489 e. The van der Waals surface area contributed by atoms with Gasteiger partial charge in [0.25, 0.3) is 0 Å². The van der Waals surface area contributed by atoms with Crippen LogP contribution in [-0.2, 0) is 6.61 Å². The zero-order valence-electron chi connectivity index (χ0n) is 20.8. The number of aliphatic imine (C=N–C) groups is 1. The molecule has 2 aliphatic rings. The fourth-order valence-electron chi connectivity index (χ4n) is 5.36. The summed E-state index contributed by atoms with van der Waals surface area (Å²) in [4.78, 5) is 4.70. The van der Waals surface area contributed by atoms with Crippen LogP contribution in [0.3, 0.4) is 0 Å². The van der Waals surface area contributed by atoms with E-state index in [1.165, 1.54) is 22.4 Å². The van der Waals surface area contributed by atoms with Crippen LogP contribution in [0.25, 0.3) is 0 Å². The first-order chi connectivity index (χ1) is 18.1. The molecule has 1 N–H and O–H groups in total. The number of anilines is 1. The van der Waals surface area contributed by atoms with Crippen LogP contribution in [0.5, 0.6) is 5.75 Å². The molecule has 3 atom stereocenters. The second-order valence-corrected chi connectivity index (χ2v) is 10.8. The molecule has 1 aliphatic carbocycles. The number of ether oxygens (including phenoxy) is 1. The van der Waals surface area contributed by atoms with E-state index in [-0.39, 0.29) is 0 Å². The van der Waals surface area contributed by atoms with E-state index in [0.717, 1.165) is 33.5 Å². The predicted molar refractivity (Wildman–Crippen MR) is 156 cm³/mol. The summed E-state index contributed by atoms with van der Waals surface area (Å²) in [7, 11) is 0. The zero-order valence-corrected chi connectivity index (χ0v) is 22.4. The van der Waals surface area contributed by atoms with Crippen LogP contribution < -0.4 is 10.1 Å². The lowest BCUT2D eigenvalue weighted by molar-refractivity contribution is 0.306. The Morgan fingerprint density at radius 1 is 0.946 bits per heavy atom. The molecule has 4 aromatic carbocycles. The zero-order chi connectivity index (χ0) is 25.2. The molecule has 0 aromatic heterocycles. The highest BCUT2D eigenvalue weighted by Gasteiger charge is 2.37. The van der Waals surface area contributed by atoms with Crippen LogP contribution in [0.2, 0.25) is 0 Å². The molecular weight excluding hydrogens is 520 g/mol. The molecule has 0 saturated heterocycles. The molecule has 0 fully saturated rings. The molecule has 0 spiro atoms. The van der Waals surface area contributed by atoms with Gasteiger partial charge in [0.2, 0.25) is 0 Å². The largest absolute Gasteiger partial charge is 0.489 e. The maximum Gasteiger partial charge on any atom is 0.119 e. The van der Waals surface area contributed by atoms with Crippen molar-refractivity contribution in [2.24, 2.45) is 10.9 Å². The predicted octanol–water partition coefficient (Wildman–Crippen LogP) is 8.91. The quantitative estimate of drug-likeness (QED) is 0.192. The number of aryl methyl sites for hydroxylation is 1.